The molecule has 17 heavy (non-hydrogen) atoms. The van der Waals surface area contributed by atoms with Crippen LogP contribution in [0, 0.1) is 5.92 Å². The number of rotatable bonds is 3. The van der Waals surface area contributed by atoms with Crippen LogP contribution >= 0.6 is 0 Å². The van der Waals surface area contributed by atoms with Gasteiger partial charge in [0.1, 0.15) is 0 Å². The van der Waals surface area contributed by atoms with Gasteiger partial charge >= 0.3 is 0 Å². The highest BCUT2D eigenvalue weighted by Gasteiger charge is 2.27. The lowest BCUT2D eigenvalue weighted by Gasteiger charge is -2.38. The molecule has 0 radical (unpaired) electrons. The molecule has 1 N–H and O–H groups in total. The van der Waals surface area contributed by atoms with E-state index in [2.05, 4.69) is 17.1 Å². The first kappa shape index (κ1) is 13.3. The molecular weight excluding hydrogens is 212 g/mol. The van der Waals surface area contributed by atoms with Gasteiger partial charge in [0.2, 0.25) is 0 Å². The molecule has 1 saturated carbocycles. The third-order valence-electron chi connectivity index (χ3n) is 4.35. The topological polar surface area (TPSA) is 24.5 Å². The minimum absolute atomic E-state index is 0.398. The molecule has 0 amide bonds. The van der Waals surface area contributed by atoms with Crippen molar-refractivity contribution in [1.82, 2.24) is 10.2 Å². The van der Waals surface area contributed by atoms with Crippen LogP contribution < -0.4 is 5.32 Å². The van der Waals surface area contributed by atoms with E-state index >= 15 is 0 Å². The predicted molar refractivity (Wildman–Crippen MR) is 71.3 cm³/mol. The lowest BCUT2D eigenvalue weighted by molar-refractivity contribution is -0.0433. The second-order valence-electron chi connectivity index (χ2n) is 5.81. The molecule has 1 aliphatic carbocycles. The molecule has 100 valence electrons. The van der Waals surface area contributed by atoms with Crippen molar-refractivity contribution in [1.29, 1.82) is 0 Å². The van der Waals surface area contributed by atoms with Crippen LogP contribution in [-0.2, 0) is 4.74 Å². The van der Waals surface area contributed by atoms with Crippen molar-refractivity contribution in [3.05, 3.63) is 0 Å². The molecule has 1 heterocycles. The van der Waals surface area contributed by atoms with E-state index in [1.165, 1.54) is 32.1 Å². The fourth-order valence-electron chi connectivity index (χ4n) is 3.26. The number of morpholine rings is 1. The second-order valence-corrected chi connectivity index (χ2v) is 5.81. The maximum Gasteiger partial charge on any atom is 0.0826 e. The zero-order chi connectivity index (χ0) is 12.1. The van der Waals surface area contributed by atoms with E-state index in [-0.39, 0.29) is 0 Å². The number of hydrogen-bond donors (Lipinski definition) is 1. The summed E-state index contributed by atoms with van der Waals surface area (Å²) in [6.45, 7) is 6.57. The van der Waals surface area contributed by atoms with Crippen LogP contribution in [0.25, 0.3) is 0 Å². The van der Waals surface area contributed by atoms with E-state index in [1.54, 1.807) is 0 Å². The Morgan fingerprint density at radius 3 is 2.94 bits per heavy atom. The van der Waals surface area contributed by atoms with Gasteiger partial charge in [0.15, 0.2) is 0 Å². The van der Waals surface area contributed by atoms with Crippen molar-refractivity contribution in [2.24, 2.45) is 5.92 Å². The molecule has 1 saturated heterocycles. The monoisotopic (exact) mass is 240 g/mol. The molecule has 3 unspecified atom stereocenters. The summed E-state index contributed by atoms with van der Waals surface area (Å²) in [4.78, 5) is 2.68. The fourth-order valence-corrected chi connectivity index (χ4v) is 3.26. The lowest BCUT2D eigenvalue weighted by atomic mass is 10.0. The first-order valence-electron chi connectivity index (χ1n) is 7.30. The zero-order valence-electron chi connectivity index (χ0n) is 11.5. The Kier molecular flexibility index (Phi) is 5.26. The van der Waals surface area contributed by atoms with E-state index in [4.69, 9.17) is 4.74 Å². The summed E-state index contributed by atoms with van der Waals surface area (Å²) in [5.74, 6) is 0.939. The quantitative estimate of drug-likeness (QED) is 0.762. The van der Waals surface area contributed by atoms with Crippen LogP contribution in [0.15, 0.2) is 0 Å². The third kappa shape index (κ3) is 3.94. The van der Waals surface area contributed by atoms with Crippen molar-refractivity contribution in [3.8, 4) is 0 Å². The Hall–Kier alpha value is -0.120. The van der Waals surface area contributed by atoms with Crippen LogP contribution in [0.1, 0.15) is 39.0 Å². The van der Waals surface area contributed by atoms with Gasteiger partial charge in [0.05, 0.1) is 12.7 Å². The standard InChI is InChI=1S/C14H28N2O/c1-12-4-3-5-13(7-6-12)16-8-9-17-14(11-16)10-15-2/h12-15H,3-11H2,1-2H3. The molecule has 2 rings (SSSR count). The first-order chi connectivity index (χ1) is 8.29. The normalized spacial score (nSPS) is 36.7. The van der Waals surface area contributed by atoms with Crippen molar-refractivity contribution < 1.29 is 4.74 Å². The molecule has 3 atom stereocenters. The molecule has 2 fully saturated rings. The molecule has 3 nitrogen and oxygen atoms in total. The van der Waals surface area contributed by atoms with Gasteiger partial charge in [0, 0.05) is 25.7 Å². The average Bonchev–Trinajstić information content (AvgIpc) is 2.55. The van der Waals surface area contributed by atoms with E-state index in [0.717, 1.165) is 38.2 Å². The minimum Gasteiger partial charge on any atom is -0.374 e. The maximum atomic E-state index is 5.79. The van der Waals surface area contributed by atoms with Gasteiger partial charge in [0.25, 0.3) is 0 Å². The molecule has 1 aliphatic heterocycles. The third-order valence-corrected chi connectivity index (χ3v) is 4.35. The summed E-state index contributed by atoms with van der Waals surface area (Å²) in [5, 5.41) is 3.23. The van der Waals surface area contributed by atoms with E-state index in [0.29, 0.717) is 6.10 Å². The molecule has 0 aromatic heterocycles. The van der Waals surface area contributed by atoms with E-state index in [1.807, 2.05) is 7.05 Å². The van der Waals surface area contributed by atoms with Crippen LogP contribution in [0.2, 0.25) is 0 Å². The fraction of sp³-hybridized carbons (Fsp3) is 1.00. The number of nitrogens with one attached hydrogen (secondary N) is 1. The van der Waals surface area contributed by atoms with Crippen LogP contribution in [-0.4, -0.2) is 50.3 Å². The Bertz CT molecular complexity index is 220. The van der Waals surface area contributed by atoms with Gasteiger partial charge in [-0.2, -0.15) is 0 Å². The molecular formula is C14H28N2O. The van der Waals surface area contributed by atoms with Crippen molar-refractivity contribution >= 4 is 0 Å². The van der Waals surface area contributed by atoms with Crippen molar-refractivity contribution in [2.45, 2.75) is 51.2 Å². The Morgan fingerprint density at radius 1 is 1.24 bits per heavy atom. The molecule has 2 aliphatic rings. The van der Waals surface area contributed by atoms with E-state index in [9.17, 15) is 0 Å². The summed E-state index contributed by atoms with van der Waals surface area (Å²) >= 11 is 0. The van der Waals surface area contributed by atoms with Gasteiger partial charge in [-0.3, -0.25) is 4.90 Å². The van der Waals surface area contributed by atoms with Crippen LogP contribution in [0.5, 0.6) is 0 Å². The highest BCUT2D eigenvalue weighted by Crippen LogP contribution is 2.26. The summed E-state index contributed by atoms with van der Waals surface area (Å²) < 4.78 is 5.79. The largest absolute Gasteiger partial charge is 0.374 e. The highest BCUT2D eigenvalue weighted by atomic mass is 16.5. The van der Waals surface area contributed by atoms with Gasteiger partial charge < -0.3 is 10.1 Å². The number of likely N-dealkylation sites (N-methyl/N-ethyl adjacent to an activating group) is 1. The zero-order valence-corrected chi connectivity index (χ0v) is 11.5. The molecule has 0 bridgehead atoms. The van der Waals surface area contributed by atoms with Crippen LogP contribution in [0.4, 0.5) is 0 Å². The van der Waals surface area contributed by atoms with Gasteiger partial charge in [-0.1, -0.05) is 19.8 Å². The molecule has 3 heteroatoms. The van der Waals surface area contributed by atoms with Crippen molar-refractivity contribution in [3.63, 3.8) is 0 Å². The maximum absolute atomic E-state index is 5.79. The summed E-state index contributed by atoms with van der Waals surface area (Å²) in [7, 11) is 2.01. The Balaban J connectivity index is 1.83. The first-order valence-corrected chi connectivity index (χ1v) is 7.30. The predicted octanol–water partition coefficient (Wildman–Crippen LogP) is 1.88. The SMILES string of the molecule is CNCC1CN(C2CCCC(C)CC2)CCO1. The summed E-state index contributed by atoms with van der Waals surface area (Å²) in [6.07, 6.45) is 7.46. The number of ether oxygens (including phenoxy) is 1. The lowest BCUT2D eigenvalue weighted by Crippen LogP contribution is -2.50. The smallest absolute Gasteiger partial charge is 0.0826 e. The van der Waals surface area contributed by atoms with E-state index < -0.39 is 0 Å². The average molecular weight is 240 g/mol. The number of nitrogens with zero attached hydrogens (tertiary/aromatic N) is 1. The second kappa shape index (κ2) is 6.72. The summed E-state index contributed by atoms with van der Waals surface area (Å²) in [5.41, 5.74) is 0. The molecule has 0 aromatic carbocycles. The Morgan fingerprint density at radius 2 is 2.12 bits per heavy atom. The van der Waals surface area contributed by atoms with Gasteiger partial charge in [-0.25, -0.2) is 0 Å². The summed E-state index contributed by atoms with van der Waals surface area (Å²) in [6, 6.07) is 0.822. The Labute approximate surface area is 106 Å². The van der Waals surface area contributed by atoms with Crippen LogP contribution in [0.3, 0.4) is 0 Å². The van der Waals surface area contributed by atoms with Gasteiger partial charge in [-0.05, 0) is 32.2 Å². The molecule has 0 spiro atoms. The number of hydrogen-bond acceptors (Lipinski definition) is 3. The van der Waals surface area contributed by atoms with Crippen molar-refractivity contribution in [2.75, 3.05) is 33.3 Å². The highest BCUT2D eigenvalue weighted by molar-refractivity contribution is 4.81. The van der Waals surface area contributed by atoms with Gasteiger partial charge in [-0.15, -0.1) is 0 Å². The molecule has 0 aromatic rings. The minimum atomic E-state index is 0.398.